The number of ether oxygens (including phenoxy) is 2. The van der Waals surface area contributed by atoms with Crippen LogP contribution in [0.5, 0.6) is 11.5 Å². The van der Waals surface area contributed by atoms with Crippen LogP contribution in [0.4, 0.5) is 0 Å². The summed E-state index contributed by atoms with van der Waals surface area (Å²) >= 11 is 0. The van der Waals surface area contributed by atoms with Gasteiger partial charge in [-0.05, 0) is 69.0 Å². The van der Waals surface area contributed by atoms with Crippen molar-refractivity contribution in [3.05, 3.63) is 35.9 Å². The number of methoxy groups -OCH3 is 1. The smallest absolute Gasteiger partial charge is 0.165 e. The molecule has 3 saturated carbocycles. The van der Waals surface area contributed by atoms with E-state index in [1.165, 1.54) is 11.1 Å². The van der Waals surface area contributed by atoms with Crippen LogP contribution in [0, 0.1) is 16.7 Å². The minimum Gasteiger partial charge on any atom is -0.504 e. The molecule has 2 aliphatic heterocycles. The first kappa shape index (κ1) is 22.9. The van der Waals surface area contributed by atoms with Gasteiger partial charge < -0.3 is 19.7 Å². The number of benzene rings is 1. The number of phenolic OH excluding ortho intramolecular Hbond substituents is 1. The molecule has 34 heavy (non-hydrogen) atoms. The maximum atomic E-state index is 12.2. The molecule has 2 heterocycles. The molecule has 5 heteroatoms. The summed E-state index contributed by atoms with van der Waals surface area (Å²) in [6.07, 6.45) is 7.67. The van der Waals surface area contributed by atoms with Crippen LogP contribution in [-0.4, -0.2) is 58.7 Å². The summed E-state index contributed by atoms with van der Waals surface area (Å²) in [6.45, 7) is 14.5. The number of piperidine rings is 1. The normalized spacial score (nSPS) is 41.5. The molecule has 7 rings (SSSR count). The number of rotatable bonds is 5. The van der Waals surface area contributed by atoms with E-state index in [4.69, 9.17) is 9.47 Å². The Morgan fingerprint density at radius 1 is 1.24 bits per heavy atom. The Morgan fingerprint density at radius 2 is 2.00 bits per heavy atom. The van der Waals surface area contributed by atoms with Gasteiger partial charge in [-0.15, -0.1) is 6.58 Å². The Kier molecular flexibility index (Phi) is 4.58. The second kappa shape index (κ2) is 6.80. The van der Waals surface area contributed by atoms with Gasteiger partial charge >= 0.3 is 0 Å². The number of phenols is 1. The third-order valence-electron chi connectivity index (χ3n) is 11.3. The second-order valence-electron chi connectivity index (χ2n) is 13.0. The van der Waals surface area contributed by atoms with Crippen LogP contribution in [0.25, 0.3) is 0 Å². The van der Waals surface area contributed by atoms with Crippen molar-refractivity contribution < 1.29 is 19.7 Å². The van der Waals surface area contributed by atoms with E-state index >= 15 is 0 Å². The van der Waals surface area contributed by atoms with Crippen LogP contribution < -0.4 is 4.74 Å². The van der Waals surface area contributed by atoms with Crippen molar-refractivity contribution in [3.8, 4) is 11.5 Å². The lowest BCUT2D eigenvalue weighted by Gasteiger charge is -2.75. The number of aliphatic hydroxyl groups is 1. The van der Waals surface area contributed by atoms with E-state index in [-0.39, 0.29) is 34.0 Å². The molecule has 5 nitrogen and oxygen atoms in total. The molecule has 0 radical (unpaired) electrons. The Balaban J connectivity index is 1.61. The predicted molar refractivity (Wildman–Crippen MR) is 132 cm³/mol. The van der Waals surface area contributed by atoms with Gasteiger partial charge in [0, 0.05) is 42.0 Å². The zero-order chi connectivity index (χ0) is 24.3. The molecule has 0 amide bonds. The monoisotopic (exact) mass is 467 g/mol. The molecule has 2 N–H and O–H groups in total. The van der Waals surface area contributed by atoms with Gasteiger partial charge in [-0.1, -0.05) is 32.9 Å². The van der Waals surface area contributed by atoms with Crippen molar-refractivity contribution in [1.82, 2.24) is 4.90 Å². The van der Waals surface area contributed by atoms with Gasteiger partial charge in [0.2, 0.25) is 0 Å². The number of hydrogen-bond acceptors (Lipinski definition) is 5. The first-order valence-corrected chi connectivity index (χ1v) is 13.1. The highest BCUT2D eigenvalue weighted by atomic mass is 16.6. The summed E-state index contributed by atoms with van der Waals surface area (Å²) in [5.41, 5.74) is 0.562. The van der Waals surface area contributed by atoms with Gasteiger partial charge in [0.25, 0.3) is 0 Å². The van der Waals surface area contributed by atoms with Crippen molar-refractivity contribution in [2.45, 2.75) is 95.0 Å². The molecule has 4 bridgehead atoms. The maximum absolute atomic E-state index is 12.2. The third kappa shape index (κ3) is 2.33. The highest BCUT2D eigenvalue weighted by Crippen LogP contribution is 2.77. The number of aromatic hydroxyl groups is 1. The van der Waals surface area contributed by atoms with Crippen LogP contribution >= 0.6 is 0 Å². The molecule has 1 aromatic rings. The average Bonchev–Trinajstić information content (AvgIpc) is 3.16. The van der Waals surface area contributed by atoms with Crippen molar-refractivity contribution in [3.63, 3.8) is 0 Å². The summed E-state index contributed by atoms with van der Waals surface area (Å²) in [4.78, 5) is 2.70. The van der Waals surface area contributed by atoms with Crippen molar-refractivity contribution >= 4 is 0 Å². The molecular weight excluding hydrogens is 426 g/mol. The van der Waals surface area contributed by atoms with E-state index in [9.17, 15) is 10.2 Å². The Morgan fingerprint density at radius 3 is 2.68 bits per heavy atom. The molecule has 0 aromatic heterocycles. The quantitative estimate of drug-likeness (QED) is 0.621. The molecule has 4 unspecified atom stereocenters. The maximum Gasteiger partial charge on any atom is 0.165 e. The standard InChI is InChI=1S/C29H41NO4/c1-7-8-14-30-15-13-28-22-18-9-10-19(31)23(22)34-24(28)29(33-6)12-11-27(28,21(30)16-18)17-20(29)26(5,32)25(2,3)4/h7,9-10,20-21,24,31-32H,1,8,11-17H2,2-6H3/t20-,21?,24?,26?,27-,28?,29-/m1/s1. The lowest BCUT2D eigenvalue weighted by molar-refractivity contribution is -0.312. The number of nitrogens with zero attached hydrogens (tertiary/aromatic N) is 1. The summed E-state index contributed by atoms with van der Waals surface area (Å²) in [7, 11) is 1.81. The molecule has 4 aliphatic carbocycles. The van der Waals surface area contributed by atoms with Crippen LogP contribution in [0.3, 0.4) is 0 Å². The second-order valence-corrected chi connectivity index (χ2v) is 13.0. The van der Waals surface area contributed by atoms with E-state index < -0.39 is 11.2 Å². The minimum absolute atomic E-state index is 0.0106. The Bertz CT molecular complexity index is 1040. The van der Waals surface area contributed by atoms with Crippen LogP contribution in [0.15, 0.2) is 24.8 Å². The molecule has 4 fully saturated rings. The molecular formula is C29H41NO4. The van der Waals surface area contributed by atoms with Gasteiger partial charge in [0.05, 0.1) is 5.60 Å². The van der Waals surface area contributed by atoms with Gasteiger partial charge in [-0.25, -0.2) is 0 Å². The first-order valence-electron chi connectivity index (χ1n) is 13.1. The van der Waals surface area contributed by atoms with Crippen LogP contribution in [-0.2, 0) is 16.6 Å². The SMILES string of the molecule is C=CCCN1CCC23c4c5ccc(O)c4OC2[C@@]2(OC)CC[C@@]3(C[C@@H]2C(C)(O)C(C)(C)C)C1C5. The van der Waals surface area contributed by atoms with Crippen molar-refractivity contribution in [2.24, 2.45) is 16.7 Å². The molecule has 6 aliphatic rings. The summed E-state index contributed by atoms with van der Waals surface area (Å²) < 4.78 is 13.4. The van der Waals surface area contributed by atoms with E-state index in [0.717, 1.165) is 51.6 Å². The van der Waals surface area contributed by atoms with E-state index in [1.807, 2.05) is 26.2 Å². The number of hydrogen-bond donors (Lipinski definition) is 2. The molecule has 186 valence electrons. The molecule has 1 aromatic carbocycles. The van der Waals surface area contributed by atoms with Gasteiger partial charge in [0.15, 0.2) is 11.5 Å². The van der Waals surface area contributed by atoms with Gasteiger partial charge in [-0.3, -0.25) is 4.90 Å². The number of likely N-dealkylation sites (tertiary alicyclic amines) is 1. The number of fused-ring (bicyclic) bond motifs is 2. The zero-order valence-electron chi connectivity index (χ0n) is 21.5. The third-order valence-corrected chi connectivity index (χ3v) is 11.3. The topological polar surface area (TPSA) is 62.2 Å². The minimum atomic E-state index is -0.932. The Hall–Kier alpha value is -1.56. The fraction of sp³-hybridized carbons (Fsp3) is 0.724. The molecule has 7 atom stereocenters. The fourth-order valence-electron chi connectivity index (χ4n) is 9.25. The molecule has 2 spiro atoms. The lowest BCUT2D eigenvalue weighted by Crippen LogP contribution is -2.83. The molecule has 1 saturated heterocycles. The van der Waals surface area contributed by atoms with E-state index in [1.54, 1.807) is 0 Å². The van der Waals surface area contributed by atoms with Crippen molar-refractivity contribution in [2.75, 3.05) is 20.2 Å². The van der Waals surface area contributed by atoms with Crippen LogP contribution in [0.1, 0.15) is 70.9 Å². The zero-order valence-corrected chi connectivity index (χ0v) is 21.5. The largest absolute Gasteiger partial charge is 0.504 e. The van der Waals surface area contributed by atoms with Crippen LogP contribution in [0.2, 0.25) is 0 Å². The lowest BCUT2D eigenvalue weighted by atomic mass is 9.33. The summed E-state index contributed by atoms with van der Waals surface area (Å²) in [5, 5.41) is 23.1. The van der Waals surface area contributed by atoms with Crippen molar-refractivity contribution in [1.29, 1.82) is 0 Å². The van der Waals surface area contributed by atoms with E-state index in [2.05, 4.69) is 38.3 Å². The van der Waals surface area contributed by atoms with Gasteiger partial charge in [-0.2, -0.15) is 0 Å². The van der Waals surface area contributed by atoms with E-state index in [0.29, 0.717) is 11.8 Å². The summed E-state index contributed by atoms with van der Waals surface area (Å²) in [6, 6.07) is 4.33. The van der Waals surface area contributed by atoms with Gasteiger partial charge in [0.1, 0.15) is 11.7 Å². The highest BCUT2D eigenvalue weighted by molar-refractivity contribution is 5.63. The fourth-order valence-corrected chi connectivity index (χ4v) is 9.25. The summed E-state index contributed by atoms with van der Waals surface area (Å²) in [5.74, 6) is 0.871. The average molecular weight is 468 g/mol. The first-order chi connectivity index (χ1) is 16.0. The predicted octanol–water partition coefficient (Wildman–Crippen LogP) is 4.58. The highest BCUT2D eigenvalue weighted by Gasteiger charge is 2.82. The Labute approximate surface area is 204 Å².